The van der Waals surface area contributed by atoms with Gasteiger partial charge in [0, 0.05) is 14.0 Å². The van der Waals surface area contributed by atoms with Crippen LogP contribution in [0.3, 0.4) is 0 Å². The summed E-state index contributed by atoms with van der Waals surface area (Å²) in [6, 6.07) is 12.1. The van der Waals surface area contributed by atoms with Gasteiger partial charge in [-0.2, -0.15) is 0 Å². The molecule has 94 valence electrons. The lowest BCUT2D eigenvalue weighted by atomic mass is 10.0. The van der Waals surface area contributed by atoms with Gasteiger partial charge in [0.2, 0.25) is 0 Å². The van der Waals surface area contributed by atoms with Crippen molar-refractivity contribution in [3.8, 4) is 0 Å². The molecule has 0 fully saturated rings. The number of benzene rings is 2. The summed E-state index contributed by atoms with van der Waals surface area (Å²) in [5.74, 6) is 0. The number of aryl methyl sites for hydroxylation is 1. The highest BCUT2D eigenvalue weighted by atomic mass is 79.9. The number of halogens is 4. The minimum absolute atomic E-state index is 0.140. The van der Waals surface area contributed by atoms with Crippen LogP contribution in [0.4, 0.5) is 0 Å². The smallest absolute Gasteiger partial charge is 0.0656 e. The lowest BCUT2D eigenvalue weighted by Crippen LogP contribution is -1.95. The van der Waals surface area contributed by atoms with Crippen molar-refractivity contribution in [2.75, 3.05) is 0 Å². The maximum atomic E-state index is 5.91. The molecule has 0 aliphatic carbocycles. The third kappa shape index (κ3) is 3.19. The SMILES string of the molecule is Cc1cc(Br)c(C(Br)c2ccc(Cl)cc2)cc1Br. The van der Waals surface area contributed by atoms with Gasteiger partial charge in [-0.25, -0.2) is 0 Å². The van der Waals surface area contributed by atoms with Crippen molar-refractivity contribution in [3.63, 3.8) is 0 Å². The molecule has 4 heteroatoms. The van der Waals surface area contributed by atoms with E-state index in [9.17, 15) is 0 Å². The molecule has 0 bridgehead atoms. The first-order chi connectivity index (χ1) is 8.49. The van der Waals surface area contributed by atoms with E-state index in [2.05, 4.69) is 66.8 Å². The van der Waals surface area contributed by atoms with Crippen molar-refractivity contribution in [2.24, 2.45) is 0 Å². The van der Waals surface area contributed by atoms with Gasteiger partial charge in [0.1, 0.15) is 0 Å². The Morgan fingerprint density at radius 2 is 1.61 bits per heavy atom. The molecule has 0 aromatic heterocycles. The van der Waals surface area contributed by atoms with E-state index in [4.69, 9.17) is 11.6 Å². The molecule has 0 spiro atoms. The van der Waals surface area contributed by atoms with Gasteiger partial charge >= 0.3 is 0 Å². The summed E-state index contributed by atoms with van der Waals surface area (Å²) in [7, 11) is 0. The largest absolute Gasteiger partial charge is 0.0843 e. The molecule has 0 saturated carbocycles. The molecular weight excluding hydrogens is 443 g/mol. The first-order valence-corrected chi connectivity index (χ1v) is 8.22. The first-order valence-electron chi connectivity index (χ1n) is 5.34. The third-order valence-corrected chi connectivity index (χ3v) is 5.53. The van der Waals surface area contributed by atoms with Gasteiger partial charge < -0.3 is 0 Å². The molecule has 0 heterocycles. The Morgan fingerprint density at radius 1 is 1.00 bits per heavy atom. The summed E-state index contributed by atoms with van der Waals surface area (Å²) >= 11 is 16.8. The van der Waals surface area contributed by atoms with Crippen molar-refractivity contribution in [3.05, 3.63) is 67.1 Å². The van der Waals surface area contributed by atoms with Gasteiger partial charge in [0.15, 0.2) is 0 Å². The maximum absolute atomic E-state index is 5.91. The van der Waals surface area contributed by atoms with E-state index in [-0.39, 0.29) is 4.83 Å². The van der Waals surface area contributed by atoms with Crippen molar-refractivity contribution in [1.82, 2.24) is 0 Å². The van der Waals surface area contributed by atoms with Crippen LogP contribution in [0.1, 0.15) is 21.5 Å². The molecule has 0 aliphatic heterocycles. The second-order valence-electron chi connectivity index (χ2n) is 4.04. The Kier molecular flexibility index (Phi) is 4.92. The van der Waals surface area contributed by atoms with Gasteiger partial charge in [-0.3, -0.25) is 0 Å². The lowest BCUT2D eigenvalue weighted by Gasteiger charge is -2.14. The Bertz CT molecular complexity index is 564. The minimum atomic E-state index is 0.140. The fourth-order valence-electron chi connectivity index (χ4n) is 1.67. The number of hydrogen-bond acceptors (Lipinski definition) is 0. The van der Waals surface area contributed by atoms with E-state index in [0.717, 1.165) is 14.0 Å². The van der Waals surface area contributed by atoms with E-state index < -0.39 is 0 Å². The predicted octanol–water partition coefficient (Wildman–Crippen LogP) is 6.66. The summed E-state index contributed by atoms with van der Waals surface area (Å²) < 4.78 is 2.21. The number of alkyl halides is 1. The summed E-state index contributed by atoms with van der Waals surface area (Å²) in [5, 5.41) is 0.752. The van der Waals surface area contributed by atoms with E-state index in [1.807, 2.05) is 24.3 Å². The Hall–Kier alpha value is 0.170. The van der Waals surface area contributed by atoms with Gasteiger partial charge in [0.25, 0.3) is 0 Å². The summed E-state index contributed by atoms with van der Waals surface area (Å²) in [6.45, 7) is 2.07. The zero-order valence-corrected chi connectivity index (χ0v) is 15.1. The third-order valence-electron chi connectivity index (χ3n) is 2.71. The molecule has 0 N–H and O–H groups in total. The van der Waals surface area contributed by atoms with Crippen molar-refractivity contribution < 1.29 is 0 Å². The monoisotopic (exact) mass is 450 g/mol. The van der Waals surface area contributed by atoms with Crippen LogP contribution in [0.25, 0.3) is 0 Å². The second kappa shape index (κ2) is 6.08. The van der Waals surface area contributed by atoms with Crippen LogP contribution in [0.2, 0.25) is 5.02 Å². The molecule has 0 nitrogen and oxygen atoms in total. The van der Waals surface area contributed by atoms with Crippen LogP contribution in [0.5, 0.6) is 0 Å². The molecule has 2 aromatic carbocycles. The molecule has 0 amide bonds. The molecule has 0 aliphatic rings. The predicted molar refractivity (Wildman–Crippen MR) is 88.8 cm³/mol. The van der Waals surface area contributed by atoms with E-state index in [1.54, 1.807) is 0 Å². The van der Waals surface area contributed by atoms with Crippen molar-refractivity contribution in [1.29, 1.82) is 0 Å². The van der Waals surface area contributed by atoms with E-state index >= 15 is 0 Å². The molecule has 18 heavy (non-hydrogen) atoms. The quantitative estimate of drug-likeness (QED) is 0.446. The molecular formula is C14H10Br3Cl. The zero-order valence-electron chi connectivity index (χ0n) is 9.55. The highest BCUT2D eigenvalue weighted by Gasteiger charge is 2.15. The van der Waals surface area contributed by atoms with Gasteiger partial charge in [-0.15, -0.1) is 0 Å². The first kappa shape index (κ1) is 14.6. The summed E-state index contributed by atoms with van der Waals surface area (Å²) in [5.41, 5.74) is 3.58. The Morgan fingerprint density at radius 3 is 2.22 bits per heavy atom. The van der Waals surface area contributed by atoms with Crippen LogP contribution in [-0.4, -0.2) is 0 Å². The van der Waals surface area contributed by atoms with Crippen LogP contribution < -0.4 is 0 Å². The second-order valence-corrected chi connectivity index (χ2v) is 7.10. The van der Waals surface area contributed by atoms with Crippen LogP contribution in [-0.2, 0) is 0 Å². The fourth-order valence-corrected chi connectivity index (χ4v) is 3.83. The van der Waals surface area contributed by atoms with E-state index in [1.165, 1.54) is 16.7 Å². The fraction of sp³-hybridized carbons (Fsp3) is 0.143. The molecule has 2 rings (SSSR count). The minimum Gasteiger partial charge on any atom is -0.0843 e. The van der Waals surface area contributed by atoms with Gasteiger partial charge in [-0.1, -0.05) is 71.5 Å². The standard InChI is InChI=1S/C14H10Br3Cl/c1-8-6-13(16)11(7-12(8)15)14(17)9-2-4-10(18)5-3-9/h2-7,14H,1H3. The highest BCUT2D eigenvalue weighted by molar-refractivity contribution is 9.11. The molecule has 0 radical (unpaired) electrons. The molecule has 1 atom stereocenters. The number of hydrogen-bond donors (Lipinski definition) is 0. The maximum Gasteiger partial charge on any atom is 0.0656 e. The van der Waals surface area contributed by atoms with Crippen molar-refractivity contribution >= 4 is 59.4 Å². The zero-order chi connectivity index (χ0) is 13.3. The topological polar surface area (TPSA) is 0 Å². The molecule has 2 aromatic rings. The average Bonchev–Trinajstić information content (AvgIpc) is 2.34. The van der Waals surface area contributed by atoms with Gasteiger partial charge in [0.05, 0.1) is 4.83 Å². The molecule has 1 unspecified atom stereocenters. The Labute approximate surface area is 137 Å². The number of rotatable bonds is 2. The average molecular weight is 453 g/mol. The van der Waals surface area contributed by atoms with E-state index in [0.29, 0.717) is 0 Å². The summed E-state index contributed by atoms with van der Waals surface area (Å²) in [4.78, 5) is 0.140. The highest BCUT2D eigenvalue weighted by Crippen LogP contribution is 2.38. The van der Waals surface area contributed by atoms with Crippen LogP contribution >= 0.6 is 59.4 Å². The van der Waals surface area contributed by atoms with Gasteiger partial charge in [-0.05, 0) is 47.9 Å². The molecule has 0 saturated heterocycles. The Balaban J connectivity index is 2.42. The van der Waals surface area contributed by atoms with Crippen LogP contribution in [0, 0.1) is 6.92 Å². The summed E-state index contributed by atoms with van der Waals surface area (Å²) in [6.07, 6.45) is 0. The normalized spacial score (nSPS) is 12.5. The lowest BCUT2D eigenvalue weighted by molar-refractivity contribution is 1.15. The van der Waals surface area contributed by atoms with Crippen LogP contribution in [0.15, 0.2) is 45.3 Å². The van der Waals surface area contributed by atoms with Crippen molar-refractivity contribution in [2.45, 2.75) is 11.8 Å².